The van der Waals surface area contributed by atoms with Gasteiger partial charge in [0.25, 0.3) is 0 Å². The largest absolute Gasteiger partial charge is 0.212 e. The van der Waals surface area contributed by atoms with E-state index in [-0.39, 0.29) is 5.92 Å². The molecule has 0 fully saturated rings. The number of fused-ring (bicyclic) bond motifs is 3. The lowest BCUT2D eigenvalue weighted by Crippen LogP contribution is -2.08. The van der Waals surface area contributed by atoms with Gasteiger partial charge in [0.15, 0.2) is 11.6 Å². The second-order valence-corrected chi connectivity index (χ2v) is 14.2. The molecule has 3 nitrogen and oxygen atoms in total. The van der Waals surface area contributed by atoms with Crippen molar-refractivity contribution in [3.05, 3.63) is 180 Å². The van der Waals surface area contributed by atoms with Crippen molar-refractivity contribution < 1.29 is 0 Å². The molecule has 7 aromatic rings. The second-order valence-electron chi connectivity index (χ2n) is 13.2. The maximum atomic E-state index is 5.08. The average Bonchev–Trinajstić information content (AvgIpc) is 3.60. The lowest BCUT2D eigenvalue weighted by molar-refractivity contribution is 0.764. The minimum atomic E-state index is 0.125. The van der Waals surface area contributed by atoms with Crippen LogP contribution in [0.4, 0.5) is 0 Å². The van der Waals surface area contributed by atoms with Crippen LogP contribution < -0.4 is 0 Å². The third kappa shape index (κ3) is 5.62. The molecule has 0 radical (unpaired) electrons. The Hall–Kier alpha value is -5.71. The van der Waals surface area contributed by atoms with Gasteiger partial charge in [-0.25, -0.2) is 15.0 Å². The molecule has 50 heavy (non-hydrogen) atoms. The Morgan fingerprint density at radius 1 is 0.580 bits per heavy atom. The Morgan fingerprint density at radius 3 is 2.00 bits per heavy atom. The standard InChI is InChI=1S/C46H35N3S/c1-30-23-28-39(43-41(30)40-22-12-21-38(42(40)50-43)33-26-24-32(25-27-33)31-13-5-2-6-14-31)36-19-11-20-37(29-36)46-48-44(34-15-7-3-8-16-34)47-45(49-46)35-17-9-4-10-18-35/h2-17,19-22,24-30,35H,18,23H2,1H3. The van der Waals surface area contributed by atoms with Crippen LogP contribution in [0.15, 0.2) is 158 Å². The van der Waals surface area contributed by atoms with Gasteiger partial charge >= 0.3 is 0 Å². The van der Waals surface area contributed by atoms with E-state index in [0.29, 0.717) is 17.6 Å². The maximum Gasteiger partial charge on any atom is 0.163 e. The lowest BCUT2D eigenvalue weighted by atomic mass is 9.84. The zero-order valence-corrected chi connectivity index (χ0v) is 28.6. The molecule has 0 saturated carbocycles. The van der Waals surface area contributed by atoms with Crippen molar-refractivity contribution in [2.75, 3.05) is 0 Å². The summed E-state index contributed by atoms with van der Waals surface area (Å²) in [6.45, 7) is 2.36. The highest BCUT2D eigenvalue weighted by molar-refractivity contribution is 7.21. The molecule has 240 valence electrons. The van der Waals surface area contributed by atoms with E-state index in [1.807, 2.05) is 29.5 Å². The quantitative estimate of drug-likeness (QED) is 0.178. The second kappa shape index (κ2) is 13.0. The molecule has 0 amide bonds. The molecule has 5 aromatic carbocycles. The summed E-state index contributed by atoms with van der Waals surface area (Å²) in [7, 11) is 0. The van der Waals surface area contributed by atoms with Crippen molar-refractivity contribution in [3.63, 3.8) is 0 Å². The van der Waals surface area contributed by atoms with Gasteiger partial charge in [-0.3, -0.25) is 0 Å². The zero-order valence-electron chi connectivity index (χ0n) is 27.8. The monoisotopic (exact) mass is 661 g/mol. The summed E-state index contributed by atoms with van der Waals surface area (Å²) in [5.41, 5.74) is 11.0. The molecule has 2 aliphatic carbocycles. The molecule has 2 heterocycles. The van der Waals surface area contributed by atoms with E-state index < -0.39 is 0 Å². The van der Waals surface area contributed by atoms with Crippen molar-refractivity contribution in [3.8, 4) is 45.0 Å². The highest BCUT2D eigenvalue weighted by Gasteiger charge is 2.26. The first-order chi connectivity index (χ1) is 24.7. The predicted octanol–water partition coefficient (Wildman–Crippen LogP) is 12.3. The van der Waals surface area contributed by atoms with E-state index in [1.54, 1.807) is 0 Å². The molecule has 0 bridgehead atoms. The normalized spacial score (nSPS) is 16.7. The molecule has 0 saturated heterocycles. The molecular weight excluding hydrogens is 627 g/mol. The summed E-state index contributed by atoms with van der Waals surface area (Å²) in [6, 6.07) is 45.4. The zero-order chi connectivity index (χ0) is 33.4. The third-order valence-corrected chi connectivity index (χ3v) is 11.2. The number of nitrogens with zero attached hydrogens (tertiary/aromatic N) is 3. The number of aromatic nitrogens is 3. The highest BCUT2D eigenvalue weighted by atomic mass is 32.1. The fourth-order valence-corrected chi connectivity index (χ4v) is 8.80. The summed E-state index contributed by atoms with van der Waals surface area (Å²) in [5.74, 6) is 2.79. The highest BCUT2D eigenvalue weighted by Crippen LogP contribution is 2.49. The summed E-state index contributed by atoms with van der Waals surface area (Å²) in [4.78, 5) is 16.4. The van der Waals surface area contributed by atoms with Gasteiger partial charge in [-0.1, -0.05) is 159 Å². The van der Waals surface area contributed by atoms with Crippen LogP contribution in [0.3, 0.4) is 0 Å². The SMILES string of the molecule is CC1CC=C(c2cccc(-c3nc(-c4ccccc4)nc(C4C=CC=CC4)n3)c2)c2sc3c(-c4ccc(-c5ccccc5)cc4)cccc3c21. The van der Waals surface area contributed by atoms with Crippen LogP contribution in [-0.2, 0) is 0 Å². The molecule has 2 unspecified atom stereocenters. The van der Waals surface area contributed by atoms with Gasteiger partial charge in [0.1, 0.15) is 5.82 Å². The Bertz CT molecular complexity index is 2440. The summed E-state index contributed by atoms with van der Waals surface area (Å²) in [5, 5.41) is 1.37. The first kappa shape index (κ1) is 30.4. The van der Waals surface area contributed by atoms with Crippen LogP contribution in [0, 0.1) is 0 Å². The molecule has 0 spiro atoms. The van der Waals surface area contributed by atoms with Crippen LogP contribution >= 0.6 is 11.3 Å². The van der Waals surface area contributed by atoms with Crippen LogP contribution in [0.1, 0.15) is 53.4 Å². The molecule has 2 aromatic heterocycles. The Kier molecular flexibility index (Phi) is 7.87. The number of rotatable bonds is 6. The van der Waals surface area contributed by atoms with Gasteiger partial charge in [-0.05, 0) is 69.2 Å². The van der Waals surface area contributed by atoms with Crippen molar-refractivity contribution >= 4 is 27.0 Å². The Labute approximate surface area is 297 Å². The predicted molar refractivity (Wildman–Crippen MR) is 209 cm³/mol. The number of hydrogen-bond donors (Lipinski definition) is 0. The van der Waals surface area contributed by atoms with Gasteiger partial charge in [0, 0.05) is 26.6 Å². The van der Waals surface area contributed by atoms with E-state index >= 15 is 0 Å². The number of hydrogen-bond acceptors (Lipinski definition) is 4. The van der Waals surface area contributed by atoms with E-state index in [2.05, 4.69) is 146 Å². The van der Waals surface area contributed by atoms with Gasteiger partial charge in [-0.2, -0.15) is 0 Å². The molecular formula is C46H35N3S. The number of thiophene rings is 1. The smallest absolute Gasteiger partial charge is 0.163 e. The van der Waals surface area contributed by atoms with Crippen molar-refractivity contribution in [2.24, 2.45) is 0 Å². The number of allylic oxidation sites excluding steroid dienone is 5. The van der Waals surface area contributed by atoms with E-state index in [4.69, 9.17) is 15.0 Å². The van der Waals surface area contributed by atoms with Gasteiger partial charge in [0.05, 0.1) is 0 Å². The average molecular weight is 662 g/mol. The van der Waals surface area contributed by atoms with Crippen LogP contribution in [0.5, 0.6) is 0 Å². The number of benzene rings is 5. The Morgan fingerprint density at radius 2 is 1.24 bits per heavy atom. The van der Waals surface area contributed by atoms with Crippen molar-refractivity contribution in [1.29, 1.82) is 0 Å². The topological polar surface area (TPSA) is 38.7 Å². The van der Waals surface area contributed by atoms with E-state index in [9.17, 15) is 0 Å². The maximum absolute atomic E-state index is 5.08. The lowest BCUT2D eigenvalue weighted by Gasteiger charge is -2.20. The molecule has 0 N–H and O–H groups in total. The van der Waals surface area contributed by atoms with Gasteiger partial charge in [0.2, 0.25) is 0 Å². The van der Waals surface area contributed by atoms with Gasteiger partial charge < -0.3 is 0 Å². The van der Waals surface area contributed by atoms with E-state index in [1.165, 1.54) is 53.9 Å². The fraction of sp³-hybridized carbons (Fsp3) is 0.109. The molecule has 4 heteroatoms. The van der Waals surface area contributed by atoms with E-state index in [0.717, 1.165) is 29.8 Å². The van der Waals surface area contributed by atoms with Crippen LogP contribution in [0.2, 0.25) is 0 Å². The molecule has 2 aliphatic rings. The van der Waals surface area contributed by atoms with Crippen molar-refractivity contribution in [1.82, 2.24) is 15.0 Å². The summed E-state index contributed by atoms with van der Waals surface area (Å²) < 4.78 is 1.35. The molecule has 9 rings (SSSR count). The fourth-order valence-electron chi connectivity index (χ4n) is 7.28. The molecule has 0 aliphatic heterocycles. The van der Waals surface area contributed by atoms with Crippen LogP contribution in [-0.4, -0.2) is 15.0 Å². The minimum Gasteiger partial charge on any atom is -0.212 e. The van der Waals surface area contributed by atoms with Gasteiger partial charge in [-0.15, -0.1) is 11.3 Å². The third-order valence-electron chi connectivity index (χ3n) is 9.90. The minimum absolute atomic E-state index is 0.125. The van der Waals surface area contributed by atoms with Crippen molar-refractivity contribution in [2.45, 2.75) is 31.6 Å². The Balaban J connectivity index is 1.12. The first-order valence-electron chi connectivity index (χ1n) is 17.4. The van der Waals surface area contributed by atoms with Crippen LogP contribution in [0.25, 0.3) is 60.7 Å². The molecule has 2 atom stereocenters. The first-order valence-corrected chi connectivity index (χ1v) is 18.2. The summed E-state index contributed by atoms with van der Waals surface area (Å²) in [6.07, 6.45) is 12.9. The summed E-state index contributed by atoms with van der Waals surface area (Å²) >= 11 is 1.93.